The maximum absolute atomic E-state index is 11.5. The molecule has 1 fully saturated rings. The molecule has 2 heterocycles. The molecular formula is C17H17Cl2N3O2. The fourth-order valence-electron chi connectivity index (χ4n) is 3.19. The summed E-state index contributed by atoms with van der Waals surface area (Å²) in [6, 6.07) is 7.34. The summed E-state index contributed by atoms with van der Waals surface area (Å²) in [7, 11) is 0. The zero-order valence-electron chi connectivity index (χ0n) is 12.9. The normalized spacial score (nSPS) is 17.8. The first-order valence-corrected chi connectivity index (χ1v) is 8.47. The minimum Gasteiger partial charge on any atom is -0.619 e. The number of amides is 1. The van der Waals surface area contributed by atoms with Gasteiger partial charge in [-0.3, -0.25) is 4.79 Å². The van der Waals surface area contributed by atoms with Crippen LogP contribution in [0.4, 0.5) is 5.69 Å². The molecule has 0 bridgehead atoms. The Bertz CT molecular complexity index is 742. The molecule has 1 aromatic heterocycles. The van der Waals surface area contributed by atoms with Crippen molar-refractivity contribution in [1.82, 2.24) is 0 Å². The molecule has 1 saturated heterocycles. The molecule has 0 radical (unpaired) electrons. The van der Waals surface area contributed by atoms with Gasteiger partial charge in [0, 0.05) is 12.1 Å². The molecule has 0 spiro atoms. The van der Waals surface area contributed by atoms with Crippen LogP contribution in [0.15, 0.2) is 36.7 Å². The van der Waals surface area contributed by atoms with E-state index in [-0.39, 0.29) is 6.04 Å². The molecule has 1 aliphatic heterocycles. The van der Waals surface area contributed by atoms with Crippen LogP contribution in [0.2, 0.25) is 10.0 Å². The van der Waals surface area contributed by atoms with Gasteiger partial charge in [0.15, 0.2) is 0 Å². The van der Waals surface area contributed by atoms with Crippen LogP contribution in [0.25, 0.3) is 0 Å². The lowest BCUT2D eigenvalue weighted by molar-refractivity contribution is -0.605. The topological polar surface area (TPSA) is 73.3 Å². The Kier molecular flexibility index (Phi) is 4.83. The van der Waals surface area contributed by atoms with Crippen LogP contribution < -0.4 is 15.4 Å². The van der Waals surface area contributed by atoms with Gasteiger partial charge in [-0.05, 0) is 37.0 Å². The summed E-state index contributed by atoms with van der Waals surface area (Å²) < 4.78 is 0.606. The van der Waals surface area contributed by atoms with Gasteiger partial charge < -0.3 is 15.8 Å². The number of carbonyl (C=O) groups is 1. The summed E-state index contributed by atoms with van der Waals surface area (Å²) in [6.07, 6.45) is 5.67. The Morgan fingerprint density at radius 1 is 1.17 bits per heavy atom. The third-order valence-corrected chi connectivity index (χ3v) is 4.86. The molecule has 1 atom stereocenters. The quantitative estimate of drug-likeness (QED) is 0.668. The molecular weight excluding hydrogens is 349 g/mol. The van der Waals surface area contributed by atoms with Gasteiger partial charge in [-0.15, -0.1) is 0 Å². The van der Waals surface area contributed by atoms with Crippen molar-refractivity contribution in [2.45, 2.75) is 25.3 Å². The fourth-order valence-corrected chi connectivity index (χ4v) is 3.85. The van der Waals surface area contributed by atoms with Crippen molar-refractivity contribution < 1.29 is 9.52 Å². The average Bonchev–Trinajstić information content (AvgIpc) is 2.54. The second-order valence-electron chi connectivity index (χ2n) is 5.85. The van der Waals surface area contributed by atoms with Gasteiger partial charge in [-0.1, -0.05) is 35.3 Å². The second kappa shape index (κ2) is 6.87. The maximum atomic E-state index is 11.5. The number of carbonyl (C=O) groups excluding carboxylic acids is 1. The number of nitrogens with zero attached hydrogens (tertiary/aromatic N) is 2. The zero-order chi connectivity index (χ0) is 17.3. The average molecular weight is 366 g/mol. The van der Waals surface area contributed by atoms with Crippen molar-refractivity contribution in [1.29, 1.82) is 0 Å². The lowest BCUT2D eigenvalue weighted by Gasteiger charge is -2.38. The van der Waals surface area contributed by atoms with E-state index in [9.17, 15) is 10.0 Å². The molecule has 0 saturated carbocycles. The zero-order valence-corrected chi connectivity index (χ0v) is 14.4. The van der Waals surface area contributed by atoms with E-state index >= 15 is 0 Å². The highest BCUT2D eigenvalue weighted by Crippen LogP contribution is 2.41. The van der Waals surface area contributed by atoms with Crippen LogP contribution >= 0.6 is 23.2 Å². The number of anilines is 1. The van der Waals surface area contributed by atoms with Crippen LogP contribution in [0, 0.1) is 5.21 Å². The minimum absolute atomic E-state index is 0.0816. The molecule has 2 aromatic rings. The third-order valence-electron chi connectivity index (χ3n) is 4.30. The van der Waals surface area contributed by atoms with Gasteiger partial charge in [-0.2, -0.15) is 4.73 Å². The number of pyridine rings is 1. The van der Waals surface area contributed by atoms with E-state index in [0.29, 0.717) is 26.0 Å². The number of hydrogen-bond donors (Lipinski definition) is 1. The summed E-state index contributed by atoms with van der Waals surface area (Å²) >= 11 is 12.6. The second-order valence-corrected chi connectivity index (χ2v) is 6.67. The van der Waals surface area contributed by atoms with Gasteiger partial charge in [0.2, 0.25) is 18.3 Å². The highest BCUT2D eigenvalue weighted by Gasteiger charge is 2.28. The highest BCUT2D eigenvalue weighted by molar-refractivity contribution is 6.38. The Labute approximate surface area is 150 Å². The van der Waals surface area contributed by atoms with Crippen molar-refractivity contribution in [2.75, 3.05) is 11.4 Å². The number of hydrogen-bond acceptors (Lipinski definition) is 3. The molecule has 1 amide bonds. The first kappa shape index (κ1) is 16.9. The highest BCUT2D eigenvalue weighted by atomic mass is 35.5. The fraction of sp³-hybridized carbons (Fsp3) is 0.294. The first-order valence-electron chi connectivity index (χ1n) is 7.71. The van der Waals surface area contributed by atoms with Crippen LogP contribution in [-0.2, 0) is 0 Å². The monoisotopic (exact) mass is 365 g/mol. The molecule has 2 N–H and O–H groups in total. The molecule has 3 rings (SSSR count). The number of rotatable bonds is 3. The molecule has 126 valence electrons. The number of halogens is 2. The van der Waals surface area contributed by atoms with Crippen LogP contribution in [0.5, 0.6) is 0 Å². The maximum Gasteiger partial charge on any atom is 0.248 e. The summed E-state index contributed by atoms with van der Waals surface area (Å²) in [5.41, 5.74) is 7.51. The van der Waals surface area contributed by atoms with E-state index < -0.39 is 5.91 Å². The largest absolute Gasteiger partial charge is 0.619 e. The summed E-state index contributed by atoms with van der Waals surface area (Å²) in [4.78, 5) is 13.4. The molecule has 1 aliphatic rings. The SMILES string of the molecule is NC(=O)c1ccc(C2CCCCN2c2c(Cl)c[n+]([O-])cc2Cl)cc1. The Hall–Kier alpha value is -1.98. The third kappa shape index (κ3) is 3.28. The lowest BCUT2D eigenvalue weighted by Crippen LogP contribution is -2.35. The van der Waals surface area contributed by atoms with Gasteiger partial charge in [0.1, 0.15) is 10.0 Å². The minimum atomic E-state index is -0.448. The number of benzene rings is 1. The molecule has 7 heteroatoms. The Morgan fingerprint density at radius 2 is 1.79 bits per heavy atom. The smallest absolute Gasteiger partial charge is 0.248 e. The molecule has 5 nitrogen and oxygen atoms in total. The molecule has 24 heavy (non-hydrogen) atoms. The van der Waals surface area contributed by atoms with E-state index in [1.54, 1.807) is 12.1 Å². The van der Waals surface area contributed by atoms with Crippen LogP contribution in [0.1, 0.15) is 41.2 Å². The lowest BCUT2D eigenvalue weighted by atomic mass is 9.94. The van der Waals surface area contributed by atoms with Gasteiger partial charge in [-0.25, -0.2) is 0 Å². The first-order chi connectivity index (χ1) is 11.5. The number of aromatic nitrogens is 1. The van der Waals surface area contributed by atoms with E-state index in [1.165, 1.54) is 12.4 Å². The summed E-state index contributed by atoms with van der Waals surface area (Å²) in [5, 5.41) is 12.1. The van der Waals surface area contributed by atoms with Crippen molar-refractivity contribution in [3.05, 3.63) is 63.0 Å². The number of piperidine rings is 1. The van der Waals surface area contributed by atoms with Crippen molar-refractivity contribution >= 4 is 34.8 Å². The predicted molar refractivity (Wildman–Crippen MR) is 94.3 cm³/mol. The van der Waals surface area contributed by atoms with E-state index in [4.69, 9.17) is 28.9 Å². The standard InChI is InChI=1S/C17H17Cl2N3O2/c18-13-9-21(24)10-14(19)16(13)22-8-2-1-3-15(22)11-4-6-12(7-5-11)17(20)23/h4-7,9-10,15H,1-3,8H2,(H2,20,23). The summed E-state index contributed by atoms with van der Waals surface area (Å²) in [5.74, 6) is -0.448. The van der Waals surface area contributed by atoms with E-state index in [1.807, 2.05) is 12.1 Å². The Morgan fingerprint density at radius 3 is 2.38 bits per heavy atom. The van der Waals surface area contributed by atoms with Crippen molar-refractivity contribution in [2.24, 2.45) is 5.73 Å². The molecule has 1 unspecified atom stereocenters. The van der Waals surface area contributed by atoms with Crippen LogP contribution in [-0.4, -0.2) is 12.5 Å². The van der Waals surface area contributed by atoms with Crippen molar-refractivity contribution in [3.63, 3.8) is 0 Å². The number of nitrogens with two attached hydrogens (primary N) is 1. The summed E-state index contributed by atoms with van der Waals surface area (Å²) in [6.45, 7) is 0.796. The van der Waals surface area contributed by atoms with Crippen LogP contribution in [0.3, 0.4) is 0 Å². The Balaban J connectivity index is 1.98. The van der Waals surface area contributed by atoms with Gasteiger partial charge in [0.25, 0.3) is 0 Å². The predicted octanol–water partition coefficient (Wildman–Crippen LogP) is 3.46. The molecule has 1 aromatic carbocycles. The van der Waals surface area contributed by atoms with Crippen molar-refractivity contribution in [3.8, 4) is 0 Å². The van der Waals surface area contributed by atoms with Gasteiger partial charge >= 0.3 is 0 Å². The van der Waals surface area contributed by atoms with E-state index in [0.717, 1.165) is 31.4 Å². The molecule has 0 aliphatic carbocycles. The number of primary amides is 1. The van der Waals surface area contributed by atoms with E-state index in [2.05, 4.69) is 4.90 Å². The van der Waals surface area contributed by atoms with Gasteiger partial charge in [0.05, 0.1) is 11.7 Å².